The highest BCUT2D eigenvalue weighted by atomic mass is 32.2. The van der Waals surface area contributed by atoms with Crippen molar-refractivity contribution in [1.29, 1.82) is 0 Å². The van der Waals surface area contributed by atoms with Crippen molar-refractivity contribution in [2.75, 3.05) is 5.75 Å². The Balaban J connectivity index is 1.57. The Morgan fingerprint density at radius 3 is 2.68 bits per heavy atom. The van der Waals surface area contributed by atoms with Gasteiger partial charge in [0.2, 0.25) is 5.91 Å². The maximum Gasteiger partial charge on any atom is 0.230 e. The molecule has 0 aliphatic heterocycles. The SMILES string of the molecule is Cc1nn(Cc2ccccc2)c(C)c1CNC(=O)CSc1nncn1C(C)C. The summed E-state index contributed by atoms with van der Waals surface area (Å²) in [4.78, 5) is 12.3. The molecule has 148 valence electrons. The minimum atomic E-state index is -0.0297. The smallest absolute Gasteiger partial charge is 0.230 e. The summed E-state index contributed by atoms with van der Waals surface area (Å²) < 4.78 is 3.95. The molecule has 0 aliphatic carbocycles. The van der Waals surface area contributed by atoms with E-state index in [1.807, 2.05) is 41.3 Å². The van der Waals surface area contributed by atoms with Gasteiger partial charge in [-0.05, 0) is 33.3 Å². The molecule has 7 nitrogen and oxygen atoms in total. The summed E-state index contributed by atoms with van der Waals surface area (Å²) in [7, 11) is 0. The fourth-order valence-corrected chi connectivity index (χ4v) is 3.83. The van der Waals surface area contributed by atoms with Crippen LogP contribution in [0.2, 0.25) is 0 Å². The normalized spacial score (nSPS) is 11.2. The number of carbonyl (C=O) groups excluding carboxylic acids is 1. The molecule has 2 heterocycles. The van der Waals surface area contributed by atoms with Gasteiger partial charge in [0.05, 0.1) is 18.0 Å². The van der Waals surface area contributed by atoms with Gasteiger partial charge in [0, 0.05) is 23.8 Å². The van der Waals surface area contributed by atoms with E-state index in [1.54, 1.807) is 6.33 Å². The van der Waals surface area contributed by atoms with Gasteiger partial charge in [-0.15, -0.1) is 10.2 Å². The molecule has 0 radical (unpaired) electrons. The van der Waals surface area contributed by atoms with Crippen LogP contribution in [-0.2, 0) is 17.9 Å². The molecular weight excluding hydrogens is 372 g/mol. The number of nitrogens with zero attached hydrogens (tertiary/aromatic N) is 5. The number of thioether (sulfide) groups is 1. The highest BCUT2D eigenvalue weighted by molar-refractivity contribution is 7.99. The molecule has 0 saturated carbocycles. The van der Waals surface area contributed by atoms with E-state index in [-0.39, 0.29) is 11.9 Å². The van der Waals surface area contributed by atoms with Crippen molar-refractivity contribution < 1.29 is 4.79 Å². The van der Waals surface area contributed by atoms with E-state index in [0.717, 1.165) is 28.7 Å². The Labute approximate surface area is 169 Å². The number of hydrogen-bond donors (Lipinski definition) is 1. The maximum absolute atomic E-state index is 12.3. The molecule has 1 amide bonds. The molecule has 1 aromatic carbocycles. The topological polar surface area (TPSA) is 77.6 Å². The van der Waals surface area contributed by atoms with Crippen LogP contribution < -0.4 is 5.32 Å². The molecule has 0 bridgehead atoms. The molecule has 0 fully saturated rings. The zero-order valence-corrected chi connectivity index (χ0v) is 17.5. The van der Waals surface area contributed by atoms with Crippen molar-refractivity contribution in [2.24, 2.45) is 0 Å². The Morgan fingerprint density at radius 2 is 1.96 bits per heavy atom. The van der Waals surface area contributed by atoms with Gasteiger partial charge in [-0.2, -0.15) is 5.10 Å². The standard InChI is InChI=1S/C20H26N6OS/c1-14(2)25-13-22-23-20(25)28-12-19(27)21-10-18-15(3)24-26(16(18)4)11-17-8-6-5-7-9-17/h5-9,13-14H,10-12H2,1-4H3,(H,21,27). The lowest BCUT2D eigenvalue weighted by atomic mass is 10.2. The first-order chi connectivity index (χ1) is 13.5. The number of carbonyl (C=O) groups is 1. The highest BCUT2D eigenvalue weighted by Crippen LogP contribution is 2.19. The predicted molar refractivity (Wildman–Crippen MR) is 110 cm³/mol. The molecule has 0 unspecified atom stereocenters. The summed E-state index contributed by atoms with van der Waals surface area (Å²) in [6, 6.07) is 10.5. The molecule has 2 aromatic heterocycles. The lowest BCUT2D eigenvalue weighted by Crippen LogP contribution is -2.25. The van der Waals surface area contributed by atoms with Crippen LogP contribution in [0.3, 0.4) is 0 Å². The monoisotopic (exact) mass is 398 g/mol. The summed E-state index contributed by atoms with van der Waals surface area (Å²) in [5.74, 6) is 0.277. The first-order valence-electron chi connectivity index (χ1n) is 9.31. The van der Waals surface area contributed by atoms with Crippen LogP contribution >= 0.6 is 11.8 Å². The van der Waals surface area contributed by atoms with Gasteiger partial charge < -0.3 is 9.88 Å². The summed E-state index contributed by atoms with van der Waals surface area (Å²) in [5, 5.41) is 16.4. The van der Waals surface area contributed by atoms with Gasteiger partial charge in [0.15, 0.2) is 5.16 Å². The summed E-state index contributed by atoms with van der Waals surface area (Å²) in [6.45, 7) is 9.35. The van der Waals surface area contributed by atoms with Crippen LogP contribution in [0.5, 0.6) is 0 Å². The molecule has 8 heteroatoms. The minimum Gasteiger partial charge on any atom is -0.351 e. The van der Waals surface area contributed by atoms with Crippen LogP contribution in [0, 0.1) is 13.8 Å². The number of benzene rings is 1. The highest BCUT2D eigenvalue weighted by Gasteiger charge is 2.14. The van der Waals surface area contributed by atoms with Crippen molar-refractivity contribution >= 4 is 17.7 Å². The van der Waals surface area contributed by atoms with E-state index >= 15 is 0 Å². The Bertz CT molecular complexity index is 932. The van der Waals surface area contributed by atoms with Crippen molar-refractivity contribution in [2.45, 2.75) is 52.0 Å². The average molecular weight is 399 g/mol. The molecule has 3 aromatic rings. The molecule has 0 spiro atoms. The van der Waals surface area contributed by atoms with Gasteiger partial charge in [-0.1, -0.05) is 42.1 Å². The fourth-order valence-electron chi connectivity index (χ4n) is 2.96. The van der Waals surface area contributed by atoms with Gasteiger partial charge in [-0.3, -0.25) is 9.48 Å². The molecule has 1 N–H and O–H groups in total. The van der Waals surface area contributed by atoms with Crippen LogP contribution in [0.4, 0.5) is 0 Å². The third-order valence-corrected chi connectivity index (χ3v) is 5.55. The molecular formula is C20H26N6OS. The predicted octanol–water partition coefficient (Wildman–Crippen LogP) is 3.13. The van der Waals surface area contributed by atoms with Gasteiger partial charge >= 0.3 is 0 Å². The molecule has 0 atom stereocenters. The summed E-state index contributed by atoms with van der Waals surface area (Å²) >= 11 is 1.40. The van der Waals surface area contributed by atoms with Gasteiger partial charge in [-0.25, -0.2) is 0 Å². The number of hydrogen-bond acceptors (Lipinski definition) is 5. The van der Waals surface area contributed by atoms with Crippen molar-refractivity contribution in [3.05, 3.63) is 59.2 Å². The van der Waals surface area contributed by atoms with E-state index in [2.05, 4.69) is 46.6 Å². The number of rotatable bonds is 8. The molecule has 3 rings (SSSR count). The quantitative estimate of drug-likeness (QED) is 0.590. The number of nitrogens with one attached hydrogen (secondary N) is 1. The van der Waals surface area contributed by atoms with E-state index < -0.39 is 0 Å². The van der Waals surface area contributed by atoms with Crippen LogP contribution in [0.15, 0.2) is 41.8 Å². The third-order valence-electron chi connectivity index (χ3n) is 4.60. The van der Waals surface area contributed by atoms with Crippen molar-refractivity contribution in [3.8, 4) is 0 Å². The summed E-state index contributed by atoms with van der Waals surface area (Å²) in [5.41, 5.74) is 4.30. The lowest BCUT2D eigenvalue weighted by Gasteiger charge is -2.10. The first kappa shape index (κ1) is 20.1. The first-order valence-corrected chi connectivity index (χ1v) is 10.3. The third kappa shape index (κ3) is 4.81. The summed E-state index contributed by atoms with van der Waals surface area (Å²) in [6.07, 6.45) is 1.69. The second-order valence-corrected chi connectivity index (χ2v) is 7.92. The number of aromatic nitrogens is 5. The number of aryl methyl sites for hydroxylation is 1. The van der Waals surface area contributed by atoms with Crippen molar-refractivity contribution in [3.63, 3.8) is 0 Å². The van der Waals surface area contributed by atoms with E-state index in [4.69, 9.17) is 0 Å². The Kier molecular flexibility index (Phi) is 6.51. The lowest BCUT2D eigenvalue weighted by molar-refractivity contribution is -0.118. The second-order valence-electron chi connectivity index (χ2n) is 6.97. The number of amides is 1. The van der Waals surface area contributed by atoms with Crippen LogP contribution in [0.1, 0.15) is 42.4 Å². The van der Waals surface area contributed by atoms with Crippen molar-refractivity contribution in [1.82, 2.24) is 29.9 Å². The zero-order chi connectivity index (χ0) is 20.1. The fraction of sp³-hybridized carbons (Fsp3) is 0.400. The van der Waals surface area contributed by atoms with Gasteiger partial charge in [0.1, 0.15) is 6.33 Å². The van der Waals surface area contributed by atoms with Gasteiger partial charge in [0.25, 0.3) is 0 Å². The zero-order valence-electron chi connectivity index (χ0n) is 16.7. The minimum absolute atomic E-state index is 0.0297. The Morgan fingerprint density at radius 1 is 1.21 bits per heavy atom. The van der Waals surface area contributed by atoms with Crippen LogP contribution in [-0.4, -0.2) is 36.2 Å². The molecule has 28 heavy (non-hydrogen) atoms. The van der Waals surface area contributed by atoms with E-state index in [0.29, 0.717) is 12.3 Å². The van der Waals surface area contributed by atoms with E-state index in [9.17, 15) is 4.79 Å². The van der Waals surface area contributed by atoms with E-state index in [1.165, 1.54) is 17.3 Å². The Hall–Kier alpha value is -2.61. The molecule has 0 aliphatic rings. The largest absolute Gasteiger partial charge is 0.351 e. The molecule has 0 saturated heterocycles. The van der Waals surface area contributed by atoms with Crippen LogP contribution in [0.25, 0.3) is 0 Å². The average Bonchev–Trinajstić information content (AvgIpc) is 3.24. The maximum atomic E-state index is 12.3. The second kappa shape index (κ2) is 9.05.